The third-order valence-electron chi connectivity index (χ3n) is 6.36. The van der Waals surface area contributed by atoms with Crippen LogP contribution < -0.4 is 20.1 Å². The SMILES string of the molecule is CNC(=O)c1ccc(-c2cc(NC(=O)C3(c4ccc5c(c4)OCO5)CC3)ccc2C)cc1Cl.[HH]. The van der Waals surface area contributed by atoms with Crippen molar-refractivity contribution in [1.82, 2.24) is 5.32 Å². The van der Waals surface area contributed by atoms with Crippen LogP contribution in [-0.4, -0.2) is 25.7 Å². The molecule has 2 N–H and O–H groups in total. The Kier molecular flexibility index (Phi) is 5.25. The fraction of sp³-hybridized carbons (Fsp3) is 0.231. The molecule has 2 amide bonds. The van der Waals surface area contributed by atoms with Crippen LogP contribution in [0.4, 0.5) is 5.69 Å². The highest BCUT2D eigenvalue weighted by Crippen LogP contribution is 2.51. The molecule has 1 fully saturated rings. The molecule has 0 atom stereocenters. The molecule has 3 aromatic carbocycles. The Morgan fingerprint density at radius 3 is 2.52 bits per heavy atom. The van der Waals surface area contributed by atoms with Gasteiger partial charge in [0.25, 0.3) is 5.91 Å². The molecule has 6 nitrogen and oxygen atoms in total. The number of hydrogen-bond donors (Lipinski definition) is 2. The first-order valence-corrected chi connectivity index (χ1v) is 11.1. The second-order valence-corrected chi connectivity index (χ2v) is 8.81. The van der Waals surface area contributed by atoms with Crippen LogP contribution in [0.5, 0.6) is 11.5 Å². The van der Waals surface area contributed by atoms with Crippen molar-refractivity contribution in [2.24, 2.45) is 0 Å². The van der Waals surface area contributed by atoms with Crippen LogP contribution in [0, 0.1) is 6.92 Å². The summed E-state index contributed by atoms with van der Waals surface area (Å²) < 4.78 is 10.9. The second kappa shape index (κ2) is 8.12. The molecular formula is C26H25ClN2O4. The maximum Gasteiger partial charge on any atom is 0.252 e. The lowest BCUT2D eigenvalue weighted by atomic mass is 9.94. The molecule has 0 saturated heterocycles. The summed E-state index contributed by atoms with van der Waals surface area (Å²) in [5, 5.41) is 6.05. The quantitative estimate of drug-likeness (QED) is 0.535. The predicted octanol–water partition coefficient (Wildman–Crippen LogP) is 5.32. The lowest BCUT2D eigenvalue weighted by Gasteiger charge is -2.17. The van der Waals surface area contributed by atoms with Crippen LogP contribution in [-0.2, 0) is 10.2 Å². The highest BCUT2D eigenvalue weighted by molar-refractivity contribution is 6.34. The van der Waals surface area contributed by atoms with Crippen LogP contribution in [0.3, 0.4) is 0 Å². The summed E-state index contributed by atoms with van der Waals surface area (Å²) in [6.07, 6.45) is 1.57. The Labute approximate surface area is 198 Å². The fourth-order valence-electron chi connectivity index (χ4n) is 4.23. The van der Waals surface area contributed by atoms with Crippen molar-refractivity contribution < 1.29 is 20.5 Å². The molecule has 1 heterocycles. The minimum absolute atomic E-state index is 0. The van der Waals surface area contributed by atoms with Crippen molar-refractivity contribution in [2.45, 2.75) is 25.2 Å². The summed E-state index contributed by atoms with van der Waals surface area (Å²) in [5.41, 5.74) is 4.36. The van der Waals surface area contributed by atoms with E-state index < -0.39 is 5.41 Å². The first kappa shape index (κ1) is 21.3. The minimum Gasteiger partial charge on any atom is -0.454 e. The predicted molar refractivity (Wildman–Crippen MR) is 129 cm³/mol. The summed E-state index contributed by atoms with van der Waals surface area (Å²) in [6, 6.07) is 16.9. The number of amides is 2. The average molecular weight is 465 g/mol. The van der Waals surface area contributed by atoms with Crippen LogP contribution in [0.25, 0.3) is 11.1 Å². The van der Waals surface area contributed by atoms with E-state index in [1.54, 1.807) is 19.2 Å². The number of nitrogens with one attached hydrogen (secondary N) is 2. The number of ether oxygens (including phenoxy) is 2. The van der Waals surface area contributed by atoms with Gasteiger partial charge in [0.1, 0.15) is 0 Å². The van der Waals surface area contributed by atoms with E-state index in [-0.39, 0.29) is 20.0 Å². The zero-order chi connectivity index (χ0) is 23.2. The molecule has 2 aliphatic rings. The molecule has 1 aliphatic carbocycles. The van der Waals surface area contributed by atoms with Crippen LogP contribution in [0.2, 0.25) is 5.02 Å². The van der Waals surface area contributed by atoms with Gasteiger partial charge in [-0.15, -0.1) is 0 Å². The summed E-state index contributed by atoms with van der Waals surface area (Å²) in [7, 11) is 1.57. The Balaban J connectivity index is 0.00000274. The van der Waals surface area contributed by atoms with Crippen molar-refractivity contribution in [2.75, 3.05) is 19.2 Å². The van der Waals surface area contributed by atoms with Gasteiger partial charge in [-0.3, -0.25) is 9.59 Å². The summed E-state index contributed by atoms with van der Waals surface area (Å²) in [6.45, 7) is 2.20. The van der Waals surface area contributed by atoms with E-state index in [9.17, 15) is 9.59 Å². The minimum atomic E-state index is -0.551. The average Bonchev–Trinajstić information content (AvgIpc) is 3.50. The smallest absolute Gasteiger partial charge is 0.252 e. The molecule has 5 rings (SSSR count). The normalized spacial score (nSPS) is 15.1. The van der Waals surface area contributed by atoms with Gasteiger partial charge < -0.3 is 20.1 Å². The summed E-state index contributed by atoms with van der Waals surface area (Å²) in [5.74, 6) is 1.12. The first-order valence-electron chi connectivity index (χ1n) is 10.8. The summed E-state index contributed by atoms with van der Waals surface area (Å²) >= 11 is 6.36. The van der Waals surface area contributed by atoms with Crippen molar-refractivity contribution in [1.29, 1.82) is 0 Å². The second-order valence-electron chi connectivity index (χ2n) is 8.41. The van der Waals surface area contributed by atoms with E-state index in [1.807, 2.05) is 49.4 Å². The first-order chi connectivity index (χ1) is 15.9. The number of carbonyl (C=O) groups excluding carboxylic acids is 2. The van der Waals surface area contributed by atoms with Crippen LogP contribution in [0.15, 0.2) is 54.6 Å². The third-order valence-corrected chi connectivity index (χ3v) is 6.67. The van der Waals surface area contributed by atoms with Gasteiger partial charge in [-0.25, -0.2) is 0 Å². The van der Waals surface area contributed by atoms with E-state index in [1.165, 1.54) is 0 Å². The summed E-state index contributed by atoms with van der Waals surface area (Å²) in [4.78, 5) is 25.2. The molecule has 0 radical (unpaired) electrons. The number of aryl methyl sites for hydroxylation is 1. The van der Waals surface area contributed by atoms with E-state index in [0.717, 1.165) is 35.1 Å². The van der Waals surface area contributed by atoms with Crippen molar-refractivity contribution in [3.8, 4) is 22.6 Å². The van der Waals surface area contributed by atoms with Gasteiger partial charge in [0.05, 0.1) is 16.0 Å². The van der Waals surface area contributed by atoms with Crippen LogP contribution >= 0.6 is 11.6 Å². The highest BCUT2D eigenvalue weighted by Gasteiger charge is 2.51. The standard InChI is InChI=1S/C26H23ClN2O4.H2/c1-15-3-6-18(13-20(15)16-4-7-19(21(27)11-16)24(30)28-2)29-25(31)26(9-10-26)17-5-8-22-23(12-17)33-14-32-22;/h3-8,11-13H,9-10,14H2,1-2H3,(H,28,30)(H,29,31);1H. The lowest BCUT2D eigenvalue weighted by Crippen LogP contribution is -2.27. The molecule has 7 heteroatoms. The monoisotopic (exact) mass is 464 g/mol. The van der Waals surface area contributed by atoms with E-state index in [0.29, 0.717) is 27.8 Å². The van der Waals surface area contributed by atoms with Gasteiger partial charge in [-0.05, 0) is 78.4 Å². The fourth-order valence-corrected chi connectivity index (χ4v) is 4.50. The maximum atomic E-state index is 13.3. The van der Waals surface area contributed by atoms with Gasteiger partial charge in [-0.1, -0.05) is 29.8 Å². The number of rotatable bonds is 5. The van der Waals surface area contributed by atoms with Crippen molar-refractivity contribution in [3.05, 3.63) is 76.3 Å². The lowest BCUT2D eigenvalue weighted by molar-refractivity contribution is -0.118. The van der Waals surface area contributed by atoms with Crippen molar-refractivity contribution >= 4 is 29.1 Å². The van der Waals surface area contributed by atoms with Crippen LogP contribution in [0.1, 0.15) is 35.8 Å². The Morgan fingerprint density at radius 1 is 1.00 bits per heavy atom. The molecule has 1 aliphatic heterocycles. The number of anilines is 1. The highest BCUT2D eigenvalue weighted by atomic mass is 35.5. The van der Waals surface area contributed by atoms with Gasteiger partial charge in [0.15, 0.2) is 11.5 Å². The zero-order valence-corrected chi connectivity index (χ0v) is 19.1. The Bertz CT molecular complexity index is 1290. The van der Waals surface area contributed by atoms with Crippen molar-refractivity contribution in [3.63, 3.8) is 0 Å². The van der Waals surface area contributed by atoms with Gasteiger partial charge >= 0.3 is 0 Å². The number of carbonyl (C=O) groups is 2. The molecule has 33 heavy (non-hydrogen) atoms. The molecule has 0 bridgehead atoms. The molecule has 0 aromatic heterocycles. The number of fused-ring (bicyclic) bond motifs is 1. The number of hydrogen-bond acceptors (Lipinski definition) is 4. The van der Waals surface area contributed by atoms with E-state index in [2.05, 4.69) is 10.6 Å². The van der Waals surface area contributed by atoms with E-state index >= 15 is 0 Å². The molecule has 3 aromatic rings. The van der Waals surface area contributed by atoms with Gasteiger partial charge in [0.2, 0.25) is 12.7 Å². The Hall–Kier alpha value is -3.51. The number of halogens is 1. The molecular weight excluding hydrogens is 440 g/mol. The molecule has 0 spiro atoms. The number of benzene rings is 3. The zero-order valence-electron chi connectivity index (χ0n) is 18.3. The van der Waals surface area contributed by atoms with E-state index in [4.69, 9.17) is 21.1 Å². The topological polar surface area (TPSA) is 76.7 Å². The molecule has 170 valence electrons. The Morgan fingerprint density at radius 2 is 1.79 bits per heavy atom. The maximum absolute atomic E-state index is 13.3. The third kappa shape index (κ3) is 3.80. The van der Waals surface area contributed by atoms with Gasteiger partial charge in [-0.2, -0.15) is 0 Å². The largest absolute Gasteiger partial charge is 0.454 e. The molecule has 0 unspecified atom stereocenters. The van der Waals surface area contributed by atoms with Gasteiger partial charge in [0, 0.05) is 14.2 Å². The molecule has 1 saturated carbocycles.